The summed E-state index contributed by atoms with van der Waals surface area (Å²) in [7, 11) is 0. The van der Waals surface area contributed by atoms with Crippen molar-refractivity contribution in [3.05, 3.63) is 58.1 Å². The second-order valence-electron chi connectivity index (χ2n) is 8.70. The minimum atomic E-state index is -0.113. The van der Waals surface area contributed by atoms with E-state index in [9.17, 15) is 9.59 Å². The summed E-state index contributed by atoms with van der Waals surface area (Å²) in [6.45, 7) is 12.7. The van der Waals surface area contributed by atoms with Gasteiger partial charge in [-0.3, -0.25) is 9.59 Å². The molecule has 0 heterocycles. The zero-order valence-electron chi connectivity index (χ0n) is 15.3. The smallest absolute Gasteiger partial charge is 0.194 e. The molecule has 0 saturated heterocycles. The number of ketones is 1. The molecule has 124 valence electrons. The van der Waals surface area contributed by atoms with E-state index in [1.807, 2.05) is 24.3 Å². The van der Waals surface area contributed by atoms with E-state index in [1.54, 1.807) is 0 Å². The van der Waals surface area contributed by atoms with Crippen LogP contribution in [0.4, 0.5) is 0 Å². The molecule has 3 rings (SSSR count). The van der Waals surface area contributed by atoms with Gasteiger partial charge in [0, 0.05) is 22.3 Å². The fourth-order valence-corrected chi connectivity index (χ4v) is 3.23. The van der Waals surface area contributed by atoms with E-state index in [0.29, 0.717) is 16.7 Å². The fraction of sp³-hybridized carbons (Fsp3) is 0.364. The molecule has 1 aliphatic carbocycles. The monoisotopic (exact) mass is 320 g/mol. The molecule has 0 fully saturated rings. The highest BCUT2D eigenvalue weighted by Gasteiger charge is 2.32. The SMILES string of the molecule is CC(C)(C)c1ccc2c(c1)C(=O)c1cc(C(C)(C)C)cc(C=O)c1-2. The number of fused-ring (bicyclic) bond motifs is 3. The molecule has 0 N–H and O–H groups in total. The van der Waals surface area contributed by atoms with Gasteiger partial charge in [0.05, 0.1) is 0 Å². The Morgan fingerprint density at radius 1 is 0.750 bits per heavy atom. The normalized spacial score (nSPS) is 13.7. The van der Waals surface area contributed by atoms with E-state index < -0.39 is 0 Å². The Hall–Kier alpha value is -2.22. The first-order chi connectivity index (χ1) is 11.0. The van der Waals surface area contributed by atoms with Crippen LogP contribution in [0.15, 0.2) is 30.3 Å². The first-order valence-electron chi connectivity index (χ1n) is 8.37. The molecule has 0 amide bonds. The van der Waals surface area contributed by atoms with Gasteiger partial charge in [0.25, 0.3) is 0 Å². The van der Waals surface area contributed by atoms with Crippen LogP contribution in [0.5, 0.6) is 0 Å². The van der Waals surface area contributed by atoms with Crippen LogP contribution in [0.3, 0.4) is 0 Å². The number of benzene rings is 2. The molecule has 0 saturated carbocycles. The van der Waals surface area contributed by atoms with Gasteiger partial charge in [-0.1, -0.05) is 53.7 Å². The minimum absolute atomic E-state index is 0.0197. The molecule has 0 unspecified atom stereocenters. The lowest BCUT2D eigenvalue weighted by molar-refractivity contribution is 0.104. The van der Waals surface area contributed by atoms with Gasteiger partial charge in [-0.15, -0.1) is 0 Å². The lowest BCUT2D eigenvalue weighted by atomic mass is 9.83. The molecule has 2 heteroatoms. The number of rotatable bonds is 1. The van der Waals surface area contributed by atoms with E-state index in [2.05, 4.69) is 47.6 Å². The van der Waals surface area contributed by atoms with Crippen molar-refractivity contribution in [2.75, 3.05) is 0 Å². The number of aldehydes is 1. The molecule has 0 radical (unpaired) electrons. The van der Waals surface area contributed by atoms with Crippen LogP contribution >= 0.6 is 0 Å². The predicted octanol–water partition coefficient (Wildman–Crippen LogP) is 5.31. The van der Waals surface area contributed by atoms with Gasteiger partial charge in [0.1, 0.15) is 0 Å². The van der Waals surface area contributed by atoms with Crippen LogP contribution in [-0.4, -0.2) is 12.1 Å². The van der Waals surface area contributed by atoms with Crippen LogP contribution in [0.25, 0.3) is 11.1 Å². The van der Waals surface area contributed by atoms with Crippen LogP contribution in [0.2, 0.25) is 0 Å². The average molecular weight is 320 g/mol. The minimum Gasteiger partial charge on any atom is -0.298 e. The zero-order valence-corrected chi connectivity index (χ0v) is 15.3. The van der Waals surface area contributed by atoms with Gasteiger partial charge in [0.15, 0.2) is 12.1 Å². The summed E-state index contributed by atoms with van der Waals surface area (Å²) in [5, 5.41) is 0. The maximum atomic E-state index is 13.0. The Morgan fingerprint density at radius 2 is 1.33 bits per heavy atom. The van der Waals surface area contributed by atoms with Crippen molar-refractivity contribution in [3.63, 3.8) is 0 Å². The van der Waals surface area contributed by atoms with Gasteiger partial charge < -0.3 is 0 Å². The second-order valence-corrected chi connectivity index (χ2v) is 8.70. The van der Waals surface area contributed by atoms with E-state index >= 15 is 0 Å². The third-order valence-corrected chi connectivity index (χ3v) is 4.81. The third kappa shape index (κ3) is 2.50. The molecule has 1 aliphatic rings. The van der Waals surface area contributed by atoms with E-state index in [1.165, 1.54) is 0 Å². The Balaban J connectivity index is 2.28. The number of carbonyl (C=O) groups is 2. The summed E-state index contributed by atoms with van der Waals surface area (Å²) in [5.41, 5.74) is 5.66. The molecular weight excluding hydrogens is 296 g/mol. The molecule has 0 aromatic heterocycles. The number of hydrogen-bond acceptors (Lipinski definition) is 2. The van der Waals surface area contributed by atoms with Crippen molar-refractivity contribution >= 4 is 12.1 Å². The van der Waals surface area contributed by atoms with Gasteiger partial charge >= 0.3 is 0 Å². The number of hydrogen-bond donors (Lipinski definition) is 0. The quantitative estimate of drug-likeness (QED) is 0.570. The van der Waals surface area contributed by atoms with Crippen molar-refractivity contribution in [2.45, 2.75) is 52.4 Å². The summed E-state index contributed by atoms with van der Waals surface area (Å²) in [4.78, 5) is 24.7. The van der Waals surface area contributed by atoms with Crippen molar-refractivity contribution in [1.29, 1.82) is 0 Å². The highest BCUT2D eigenvalue weighted by Crippen LogP contribution is 2.42. The topological polar surface area (TPSA) is 34.1 Å². The first-order valence-corrected chi connectivity index (χ1v) is 8.37. The van der Waals surface area contributed by atoms with Gasteiger partial charge in [-0.25, -0.2) is 0 Å². The second kappa shape index (κ2) is 5.14. The molecule has 0 aliphatic heterocycles. The van der Waals surface area contributed by atoms with Gasteiger partial charge in [-0.05, 0) is 45.7 Å². The number of carbonyl (C=O) groups excluding carboxylic acids is 2. The summed E-state index contributed by atoms with van der Waals surface area (Å²) in [6, 6.07) is 9.92. The van der Waals surface area contributed by atoms with Gasteiger partial charge in [0.2, 0.25) is 0 Å². The average Bonchev–Trinajstić information content (AvgIpc) is 2.77. The lowest BCUT2D eigenvalue weighted by Crippen LogP contribution is -2.13. The van der Waals surface area contributed by atoms with Crippen molar-refractivity contribution in [2.24, 2.45) is 0 Å². The van der Waals surface area contributed by atoms with Crippen molar-refractivity contribution in [1.82, 2.24) is 0 Å². The Morgan fingerprint density at radius 3 is 1.88 bits per heavy atom. The summed E-state index contributed by atoms with van der Waals surface area (Å²) in [6.07, 6.45) is 0.869. The molecule has 0 atom stereocenters. The Labute approximate surface area is 143 Å². The largest absolute Gasteiger partial charge is 0.298 e. The maximum absolute atomic E-state index is 13.0. The molecule has 2 aromatic carbocycles. The Bertz CT molecular complexity index is 859. The van der Waals surface area contributed by atoms with Crippen LogP contribution in [0.1, 0.15) is 78.9 Å². The molecule has 0 bridgehead atoms. The Kier molecular flexibility index (Phi) is 3.56. The highest BCUT2D eigenvalue weighted by atomic mass is 16.1. The molecule has 2 aromatic rings. The molecule has 2 nitrogen and oxygen atoms in total. The highest BCUT2D eigenvalue weighted by molar-refractivity contribution is 6.23. The molecular formula is C22H24O2. The standard InChI is InChI=1S/C22H24O2/c1-21(2,3)14-7-8-16-17(10-14)20(24)18-11-15(22(4,5)6)9-13(12-23)19(16)18/h7-12H,1-6H3. The van der Waals surface area contributed by atoms with E-state index in [-0.39, 0.29) is 16.6 Å². The van der Waals surface area contributed by atoms with Crippen LogP contribution < -0.4 is 0 Å². The fourth-order valence-electron chi connectivity index (χ4n) is 3.23. The predicted molar refractivity (Wildman–Crippen MR) is 98.1 cm³/mol. The summed E-state index contributed by atoms with van der Waals surface area (Å²) < 4.78 is 0. The van der Waals surface area contributed by atoms with Crippen molar-refractivity contribution < 1.29 is 9.59 Å². The van der Waals surface area contributed by atoms with Crippen LogP contribution in [0, 0.1) is 0 Å². The summed E-state index contributed by atoms with van der Waals surface area (Å²) in [5.74, 6) is 0.0281. The zero-order chi connectivity index (χ0) is 17.9. The van der Waals surface area contributed by atoms with E-state index in [0.717, 1.165) is 28.5 Å². The third-order valence-electron chi connectivity index (χ3n) is 4.81. The van der Waals surface area contributed by atoms with Crippen molar-refractivity contribution in [3.8, 4) is 11.1 Å². The lowest BCUT2D eigenvalue weighted by Gasteiger charge is -2.21. The van der Waals surface area contributed by atoms with E-state index in [4.69, 9.17) is 0 Å². The van der Waals surface area contributed by atoms with Gasteiger partial charge in [-0.2, -0.15) is 0 Å². The first kappa shape index (κ1) is 16.6. The summed E-state index contributed by atoms with van der Waals surface area (Å²) >= 11 is 0. The molecule has 24 heavy (non-hydrogen) atoms. The molecule has 0 spiro atoms. The van der Waals surface area contributed by atoms with Crippen LogP contribution in [-0.2, 0) is 10.8 Å². The maximum Gasteiger partial charge on any atom is 0.194 e.